The van der Waals surface area contributed by atoms with Crippen LogP contribution in [0.5, 0.6) is 0 Å². The highest BCUT2D eigenvalue weighted by Crippen LogP contribution is 2.08. The van der Waals surface area contributed by atoms with Crippen molar-refractivity contribution in [3.63, 3.8) is 0 Å². The maximum absolute atomic E-state index is 5.89. The number of rotatable bonds is 5. The van der Waals surface area contributed by atoms with Gasteiger partial charge >= 0.3 is 0 Å². The van der Waals surface area contributed by atoms with Crippen molar-refractivity contribution in [2.24, 2.45) is 10.7 Å². The molecule has 0 unspecified atom stereocenters. The molecule has 23 heavy (non-hydrogen) atoms. The number of aryl methyl sites for hydroxylation is 1. The monoisotopic (exact) mass is 308 g/mol. The number of nitrogens with two attached hydrogens (primary N) is 1. The van der Waals surface area contributed by atoms with Crippen LogP contribution in [0.15, 0.2) is 53.8 Å². The van der Waals surface area contributed by atoms with Crippen LogP contribution in [-0.4, -0.2) is 26.9 Å². The van der Waals surface area contributed by atoms with Gasteiger partial charge in [0.15, 0.2) is 5.96 Å². The third kappa shape index (κ3) is 3.85. The molecular weight excluding hydrogens is 288 g/mol. The smallest absolute Gasteiger partial charge is 0.188 e. The molecule has 0 atom stereocenters. The molecule has 0 aliphatic carbocycles. The predicted molar refractivity (Wildman–Crippen MR) is 91.2 cm³/mol. The van der Waals surface area contributed by atoms with Crippen molar-refractivity contribution >= 4 is 11.6 Å². The molecule has 6 heteroatoms. The molecule has 0 aliphatic rings. The first kappa shape index (κ1) is 15.0. The molecule has 6 nitrogen and oxygen atoms in total. The Labute approximate surface area is 135 Å². The van der Waals surface area contributed by atoms with Crippen LogP contribution in [0.25, 0.3) is 5.65 Å². The van der Waals surface area contributed by atoms with E-state index in [4.69, 9.17) is 5.73 Å². The largest absolute Gasteiger partial charge is 0.370 e. The van der Waals surface area contributed by atoms with E-state index < -0.39 is 0 Å². The second-order valence-electron chi connectivity index (χ2n) is 5.33. The number of aromatic nitrogens is 3. The summed E-state index contributed by atoms with van der Waals surface area (Å²) < 4.78 is 2.05. The van der Waals surface area contributed by atoms with Crippen molar-refractivity contribution in [3.8, 4) is 0 Å². The summed E-state index contributed by atoms with van der Waals surface area (Å²) in [5.74, 6) is 0.426. The van der Waals surface area contributed by atoms with Gasteiger partial charge in [-0.25, -0.2) is 9.98 Å². The Kier molecular flexibility index (Phi) is 4.52. The second kappa shape index (κ2) is 6.91. The number of hydrogen-bond acceptors (Lipinski definition) is 3. The number of guanidine groups is 1. The lowest BCUT2D eigenvalue weighted by Gasteiger charge is -2.04. The minimum absolute atomic E-state index is 0.426. The third-order valence-corrected chi connectivity index (χ3v) is 3.57. The highest BCUT2D eigenvalue weighted by molar-refractivity contribution is 5.77. The highest BCUT2D eigenvalue weighted by Gasteiger charge is 2.02. The van der Waals surface area contributed by atoms with Crippen LogP contribution in [-0.2, 0) is 13.0 Å². The predicted octanol–water partition coefficient (Wildman–Crippen LogP) is 1.68. The van der Waals surface area contributed by atoms with Crippen molar-refractivity contribution in [1.82, 2.24) is 19.7 Å². The van der Waals surface area contributed by atoms with Crippen LogP contribution >= 0.6 is 0 Å². The molecule has 0 aromatic carbocycles. The molecule has 3 heterocycles. The van der Waals surface area contributed by atoms with E-state index in [1.54, 1.807) is 6.20 Å². The van der Waals surface area contributed by atoms with Gasteiger partial charge in [0, 0.05) is 36.7 Å². The first-order valence-electron chi connectivity index (χ1n) is 7.59. The molecule has 0 saturated heterocycles. The van der Waals surface area contributed by atoms with E-state index in [1.807, 2.05) is 36.5 Å². The lowest BCUT2D eigenvalue weighted by molar-refractivity contribution is 0.826. The van der Waals surface area contributed by atoms with Gasteiger partial charge in [-0.05, 0) is 31.2 Å². The molecule has 3 N–H and O–H groups in total. The fourth-order valence-corrected chi connectivity index (χ4v) is 2.36. The summed E-state index contributed by atoms with van der Waals surface area (Å²) in [6.07, 6.45) is 4.60. The van der Waals surface area contributed by atoms with Crippen molar-refractivity contribution in [2.75, 3.05) is 6.54 Å². The zero-order valence-electron chi connectivity index (χ0n) is 13.1. The molecule has 3 aromatic rings. The van der Waals surface area contributed by atoms with Crippen LogP contribution < -0.4 is 11.1 Å². The summed E-state index contributed by atoms with van der Waals surface area (Å²) in [5, 5.41) is 3.10. The summed E-state index contributed by atoms with van der Waals surface area (Å²) in [4.78, 5) is 13.1. The average Bonchev–Trinajstić information content (AvgIpc) is 2.99. The van der Waals surface area contributed by atoms with Crippen LogP contribution in [0.2, 0.25) is 0 Å². The lowest BCUT2D eigenvalue weighted by Crippen LogP contribution is -2.33. The number of imidazole rings is 1. The molecule has 118 valence electrons. The highest BCUT2D eigenvalue weighted by atomic mass is 15.1. The Hall–Kier alpha value is -2.89. The van der Waals surface area contributed by atoms with Gasteiger partial charge in [-0.3, -0.25) is 4.98 Å². The standard InChI is InChI=1S/C17H20N6/c1-13-5-4-7-16-22-15(12-23(13)16)11-21-17(18)20-10-8-14-6-2-3-9-19-14/h2-7,9,12H,8,10-11H2,1H3,(H3,18,20,21). The normalized spacial score (nSPS) is 11.8. The number of pyridine rings is 2. The molecule has 0 bridgehead atoms. The Bertz CT molecular complexity index is 806. The fraction of sp³-hybridized carbons (Fsp3) is 0.235. The van der Waals surface area contributed by atoms with E-state index in [0.717, 1.165) is 29.1 Å². The van der Waals surface area contributed by atoms with Gasteiger partial charge < -0.3 is 15.5 Å². The summed E-state index contributed by atoms with van der Waals surface area (Å²) in [5.41, 5.74) is 9.89. The number of hydrogen-bond donors (Lipinski definition) is 2. The number of nitrogens with zero attached hydrogens (tertiary/aromatic N) is 4. The summed E-state index contributed by atoms with van der Waals surface area (Å²) >= 11 is 0. The minimum atomic E-state index is 0.426. The molecule has 3 rings (SSSR count). The first-order valence-corrected chi connectivity index (χ1v) is 7.59. The molecule has 3 aromatic heterocycles. The number of fused-ring (bicyclic) bond motifs is 1. The Balaban J connectivity index is 1.55. The Morgan fingerprint density at radius 3 is 2.91 bits per heavy atom. The van der Waals surface area contributed by atoms with Gasteiger partial charge in [-0.2, -0.15) is 0 Å². The summed E-state index contributed by atoms with van der Waals surface area (Å²) in [7, 11) is 0. The Morgan fingerprint density at radius 2 is 2.13 bits per heavy atom. The van der Waals surface area contributed by atoms with Gasteiger partial charge in [-0.1, -0.05) is 12.1 Å². The quantitative estimate of drug-likeness (QED) is 0.555. The van der Waals surface area contributed by atoms with Gasteiger partial charge in [0.25, 0.3) is 0 Å². The maximum Gasteiger partial charge on any atom is 0.188 e. The summed E-state index contributed by atoms with van der Waals surface area (Å²) in [6, 6.07) is 11.9. The minimum Gasteiger partial charge on any atom is -0.370 e. The van der Waals surface area contributed by atoms with Crippen molar-refractivity contribution < 1.29 is 0 Å². The first-order chi connectivity index (χ1) is 11.2. The van der Waals surface area contributed by atoms with Gasteiger partial charge in [0.1, 0.15) is 5.65 Å². The van der Waals surface area contributed by atoms with Crippen LogP contribution in [0.4, 0.5) is 0 Å². The molecule has 0 amide bonds. The van der Waals surface area contributed by atoms with Crippen molar-refractivity contribution in [3.05, 3.63) is 65.9 Å². The topological polar surface area (TPSA) is 80.6 Å². The number of aliphatic imine (C=N–C) groups is 1. The zero-order valence-corrected chi connectivity index (χ0v) is 13.1. The van der Waals surface area contributed by atoms with E-state index in [9.17, 15) is 0 Å². The fourth-order valence-electron chi connectivity index (χ4n) is 2.36. The molecule has 0 saturated carbocycles. The molecule has 0 spiro atoms. The lowest BCUT2D eigenvalue weighted by atomic mass is 10.3. The van der Waals surface area contributed by atoms with E-state index in [1.165, 1.54) is 0 Å². The van der Waals surface area contributed by atoms with Gasteiger partial charge in [-0.15, -0.1) is 0 Å². The SMILES string of the molecule is Cc1cccc2nc(CN=C(N)NCCc3ccccn3)cn12. The van der Waals surface area contributed by atoms with Crippen molar-refractivity contribution in [1.29, 1.82) is 0 Å². The maximum atomic E-state index is 5.89. The van der Waals surface area contributed by atoms with E-state index >= 15 is 0 Å². The number of nitrogens with one attached hydrogen (secondary N) is 1. The second-order valence-corrected chi connectivity index (χ2v) is 5.33. The van der Waals surface area contributed by atoms with Crippen LogP contribution in [0.1, 0.15) is 17.1 Å². The van der Waals surface area contributed by atoms with E-state index in [2.05, 4.69) is 37.7 Å². The zero-order chi connectivity index (χ0) is 16.1. The van der Waals surface area contributed by atoms with E-state index in [0.29, 0.717) is 19.0 Å². The average molecular weight is 308 g/mol. The molecule has 0 aliphatic heterocycles. The third-order valence-electron chi connectivity index (χ3n) is 3.57. The molecular formula is C17H20N6. The van der Waals surface area contributed by atoms with Gasteiger partial charge in [0.05, 0.1) is 12.2 Å². The summed E-state index contributed by atoms with van der Waals surface area (Å²) in [6.45, 7) is 3.22. The van der Waals surface area contributed by atoms with Gasteiger partial charge in [0.2, 0.25) is 0 Å². The van der Waals surface area contributed by atoms with Crippen LogP contribution in [0, 0.1) is 6.92 Å². The molecule has 0 radical (unpaired) electrons. The van der Waals surface area contributed by atoms with Crippen molar-refractivity contribution in [2.45, 2.75) is 19.9 Å². The molecule has 0 fully saturated rings. The van der Waals surface area contributed by atoms with Crippen LogP contribution in [0.3, 0.4) is 0 Å². The Morgan fingerprint density at radius 1 is 1.22 bits per heavy atom. The van der Waals surface area contributed by atoms with E-state index in [-0.39, 0.29) is 0 Å².